The smallest absolute Gasteiger partial charge is 0.226 e. The average Bonchev–Trinajstić information content (AvgIpc) is 2.78. The molecule has 0 spiro atoms. The summed E-state index contributed by atoms with van der Waals surface area (Å²) in [6.45, 7) is 6.64. The fourth-order valence-electron chi connectivity index (χ4n) is 1.94. The third-order valence-corrected chi connectivity index (χ3v) is 3.36. The van der Waals surface area contributed by atoms with Crippen LogP contribution in [0.1, 0.15) is 23.2 Å². The fourth-order valence-corrected chi connectivity index (χ4v) is 1.94. The minimum Gasteiger partial charge on any atom is -0.326 e. The van der Waals surface area contributed by atoms with Gasteiger partial charge in [0.25, 0.3) is 0 Å². The molecule has 0 unspecified atom stereocenters. The van der Waals surface area contributed by atoms with Gasteiger partial charge in [-0.05, 0) is 44.0 Å². The van der Waals surface area contributed by atoms with Crippen LogP contribution < -0.4 is 5.32 Å². The van der Waals surface area contributed by atoms with Crippen LogP contribution in [-0.4, -0.2) is 15.7 Å². The summed E-state index contributed by atoms with van der Waals surface area (Å²) in [5.41, 5.74) is 4.26. The predicted molar refractivity (Wildman–Crippen MR) is 76.1 cm³/mol. The minimum atomic E-state index is 0.0172. The van der Waals surface area contributed by atoms with Crippen LogP contribution in [0.15, 0.2) is 30.5 Å². The van der Waals surface area contributed by atoms with Gasteiger partial charge in [0.05, 0.1) is 0 Å². The first kappa shape index (κ1) is 13.3. The second-order valence-corrected chi connectivity index (χ2v) is 4.74. The molecule has 0 radical (unpaired) electrons. The lowest BCUT2D eigenvalue weighted by Gasteiger charge is -2.10. The summed E-state index contributed by atoms with van der Waals surface area (Å²) in [6, 6.07) is 7.86. The van der Waals surface area contributed by atoms with Gasteiger partial charge in [0.2, 0.25) is 5.91 Å². The first-order chi connectivity index (χ1) is 9.08. The van der Waals surface area contributed by atoms with Crippen LogP contribution in [0, 0.1) is 20.8 Å². The second-order valence-electron chi connectivity index (χ2n) is 4.74. The van der Waals surface area contributed by atoms with E-state index in [9.17, 15) is 4.79 Å². The van der Waals surface area contributed by atoms with Gasteiger partial charge in [-0.3, -0.25) is 9.48 Å². The third kappa shape index (κ3) is 3.22. The Morgan fingerprint density at radius 3 is 2.74 bits per heavy atom. The largest absolute Gasteiger partial charge is 0.326 e. The molecule has 0 bridgehead atoms. The summed E-state index contributed by atoms with van der Waals surface area (Å²) in [5, 5.41) is 7.12. The summed E-state index contributed by atoms with van der Waals surface area (Å²) < 4.78 is 1.84. The molecule has 100 valence electrons. The maximum Gasteiger partial charge on any atom is 0.226 e. The highest BCUT2D eigenvalue weighted by Crippen LogP contribution is 2.18. The Morgan fingerprint density at radius 2 is 2.05 bits per heavy atom. The molecule has 4 heteroatoms. The molecule has 2 aromatic rings. The van der Waals surface area contributed by atoms with E-state index < -0.39 is 0 Å². The average molecular weight is 257 g/mol. The summed E-state index contributed by atoms with van der Waals surface area (Å²) >= 11 is 0. The Hall–Kier alpha value is -2.10. The molecule has 1 amide bonds. The van der Waals surface area contributed by atoms with Crippen LogP contribution in [0.3, 0.4) is 0 Å². The molecule has 0 saturated carbocycles. The molecule has 0 fully saturated rings. The van der Waals surface area contributed by atoms with Crippen molar-refractivity contribution in [1.82, 2.24) is 9.78 Å². The number of rotatable bonds is 4. The van der Waals surface area contributed by atoms with Gasteiger partial charge in [-0.1, -0.05) is 12.1 Å². The van der Waals surface area contributed by atoms with Gasteiger partial charge in [-0.2, -0.15) is 5.10 Å². The van der Waals surface area contributed by atoms with E-state index >= 15 is 0 Å². The van der Waals surface area contributed by atoms with E-state index in [1.54, 1.807) is 6.20 Å². The highest BCUT2D eigenvalue weighted by molar-refractivity contribution is 5.91. The molecule has 1 N–H and O–H groups in total. The van der Waals surface area contributed by atoms with E-state index in [2.05, 4.69) is 10.4 Å². The van der Waals surface area contributed by atoms with Crippen LogP contribution in [-0.2, 0) is 11.3 Å². The number of carbonyl (C=O) groups excluding carboxylic acids is 1. The summed E-state index contributed by atoms with van der Waals surface area (Å²) in [4.78, 5) is 11.9. The van der Waals surface area contributed by atoms with E-state index in [1.165, 1.54) is 5.56 Å². The van der Waals surface area contributed by atoms with E-state index in [-0.39, 0.29) is 5.91 Å². The van der Waals surface area contributed by atoms with Crippen molar-refractivity contribution in [2.24, 2.45) is 0 Å². The van der Waals surface area contributed by atoms with Crippen molar-refractivity contribution >= 4 is 11.6 Å². The number of aromatic nitrogens is 2. The van der Waals surface area contributed by atoms with Gasteiger partial charge in [-0.15, -0.1) is 0 Å². The second kappa shape index (κ2) is 5.69. The summed E-state index contributed by atoms with van der Waals surface area (Å²) in [6.07, 6.45) is 2.17. The zero-order valence-corrected chi connectivity index (χ0v) is 11.6. The van der Waals surface area contributed by atoms with Gasteiger partial charge in [0.1, 0.15) is 0 Å². The Labute approximate surface area is 113 Å². The van der Waals surface area contributed by atoms with E-state index in [4.69, 9.17) is 0 Å². The van der Waals surface area contributed by atoms with Crippen LogP contribution in [0.5, 0.6) is 0 Å². The molecule has 0 aliphatic carbocycles. The number of nitrogens with zero attached hydrogens (tertiary/aromatic N) is 2. The van der Waals surface area contributed by atoms with Crippen LogP contribution in [0.25, 0.3) is 0 Å². The number of carbonyl (C=O) groups is 1. The zero-order valence-electron chi connectivity index (χ0n) is 11.6. The number of anilines is 1. The summed E-state index contributed by atoms with van der Waals surface area (Å²) in [5.74, 6) is 0.0172. The number of hydrogen-bond donors (Lipinski definition) is 1. The van der Waals surface area contributed by atoms with Crippen LogP contribution >= 0.6 is 0 Å². The number of nitrogens with one attached hydrogen (secondary N) is 1. The molecule has 1 heterocycles. The molecule has 2 rings (SSSR count). The predicted octanol–water partition coefficient (Wildman–Crippen LogP) is 2.84. The molecular formula is C15H19N3O. The topological polar surface area (TPSA) is 46.9 Å². The van der Waals surface area contributed by atoms with E-state index in [0.717, 1.165) is 16.9 Å². The quantitative estimate of drug-likeness (QED) is 0.915. The SMILES string of the molecule is Cc1cccc(NC(=O)CCn2nccc2C)c1C. The minimum absolute atomic E-state index is 0.0172. The monoisotopic (exact) mass is 257 g/mol. The Kier molecular flexibility index (Phi) is 4.00. The molecule has 0 saturated heterocycles. The van der Waals surface area contributed by atoms with Crippen molar-refractivity contribution in [2.45, 2.75) is 33.7 Å². The maximum atomic E-state index is 11.9. The lowest BCUT2D eigenvalue weighted by molar-refractivity contribution is -0.116. The van der Waals surface area contributed by atoms with E-state index in [0.29, 0.717) is 13.0 Å². The number of hydrogen-bond acceptors (Lipinski definition) is 2. The molecule has 0 atom stereocenters. The first-order valence-corrected chi connectivity index (χ1v) is 6.42. The molecule has 1 aromatic heterocycles. The van der Waals surface area contributed by atoms with Gasteiger partial charge >= 0.3 is 0 Å². The van der Waals surface area contributed by atoms with Crippen molar-refractivity contribution in [2.75, 3.05) is 5.32 Å². The number of amides is 1. The van der Waals surface area contributed by atoms with Crippen LogP contribution in [0.2, 0.25) is 0 Å². The van der Waals surface area contributed by atoms with E-state index in [1.807, 2.05) is 49.7 Å². The normalized spacial score (nSPS) is 10.5. The van der Waals surface area contributed by atoms with Crippen molar-refractivity contribution in [3.05, 3.63) is 47.3 Å². The first-order valence-electron chi connectivity index (χ1n) is 6.42. The standard InChI is InChI=1S/C15H19N3O/c1-11-5-4-6-14(13(11)3)17-15(19)8-10-18-12(2)7-9-16-18/h4-7,9H,8,10H2,1-3H3,(H,17,19). The lowest BCUT2D eigenvalue weighted by atomic mass is 10.1. The van der Waals surface area contributed by atoms with Crippen molar-refractivity contribution < 1.29 is 4.79 Å². The lowest BCUT2D eigenvalue weighted by Crippen LogP contribution is -2.16. The molecule has 4 nitrogen and oxygen atoms in total. The maximum absolute atomic E-state index is 11.9. The number of aryl methyl sites for hydroxylation is 3. The van der Waals surface area contributed by atoms with Gasteiger partial charge in [0.15, 0.2) is 0 Å². The van der Waals surface area contributed by atoms with Gasteiger partial charge in [-0.25, -0.2) is 0 Å². The van der Waals surface area contributed by atoms with Crippen molar-refractivity contribution in [3.8, 4) is 0 Å². The Balaban J connectivity index is 1.95. The highest BCUT2D eigenvalue weighted by Gasteiger charge is 2.07. The molecule has 1 aromatic carbocycles. The number of benzene rings is 1. The Bertz CT molecular complexity index is 587. The van der Waals surface area contributed by atoms with Gasteiger partial charge in [0, 0.05) is 30.5 Å². The third-order valence-electron chi connectivity index (χ3n) is 3.36. The molecular weight excluding hydrogens is 238 g/mol. The summed E-state index contributed by atoms with van der Waals surface area (Å²) in [7, 11) is 0. The van der Waals surface area contributed by atoms with Crippen molar-refractivity contribution in [3.63, 3.8) is 0 Å². The van der Waals surface area contributed by atoms with Crippen LogP contribution in [0.4, 0.5) is 5.69 Å². The molecule has 19 heavy (non-hydrogen) atoms. The van der Waals surface area contributed by atoms with Gasteiger partial charge < -0.3 is 5.32 Å². The molecule has 0 aliphatic heterocycles. The zero-order chi connectivity index (χ0) is 13.8. The molecule has 0 aliphatic rings. The van der Waals surface area contributed by atoms with Crippen molar-refractivity contribution in [1.29, 1.82) is 0 Å². The fraction of sp³-hybridized carbons (Fsp3) is 0.333. The Morgan fingerprint density at radius 1 is 1.26 bits per heavy atom. The highest BCUT2D eigenvalue weighted by atomic mass is 16.1.